The Kier molecular flexibility index (Phi) is 9.41. The minimum atomic E-state index is -1.26. The van der Waals surface area contributed by atoms with Crippen LogP contribution in [0.25, 0.3) is 0 Å². The number of amides is 3. The van der Waals surface area contributed by atoms with Gasteiger partial charge in [0.1, 0.15) is 24.2 Å². The third-order valence-corrected chi connectivity index (χ3v) is 4.06. The van der Waals surface area contributed by atoms with Gasteiger partial charge in [0.15, 0.2) is 0 Å². The molecule has 3 amide bonds. The van der Waals surface area contributed by atoms with E-state index in [1.54, 1.807) is 0 Å². The number of aromatic amines is 1. The molecule has 0 aromatic carbocycles. The fourth-order valence-corrected chi connectivity index (χ4v) is 2.31. The van der Waals surface area contributed by atoms with Crippen molar-refractivity contribution in [3.05, 3.63) is 18.2 Å². The van der Waals surface area contributed by atoms with Crippen molar-refractivity contribution in [2.24, 2.45) is 5.73 Å². The number of nitrogens with zero attached hydrogens (tertiary/aromatic N) is 1. The molecule has 1 rings (SSSR count). The van der Waals surface area contributed by atoms with Crippen molar-refractivity contribution in [2.45, 2.75) is 37.5 Å². The highest BCUT2D eigenvalue weighted by atomic mass is 32.1. The van der Waals surface area contributed by atoms with Crippen LogP contribution in [0.4, 0.5) is 0 Å². The summed E-state index contributed by atoms with van der Waals surface area (Å²) in [6, 6.07) is -4.60. The van der Waals surface area contributed by atoms with Crippen LogP contribution in [0.15, 0.2) is 12.5 Å². The van der Waals surface area contributed by atoms with E-state index in [9.17, 15) is 24.3 Å². The number of hydrogen-bond acceptors (Lipinski definition) is 8. The second kappa shape index (κ2) is 11.3. The number of hydrogen-bond donors (Lipinski definition) is 8. The topological polar surface area (TPSA) is 200 Å². The Bertz CT molecular complexity index is 685. The molecule has 1 heterocycles. The molecule has 13 heteroatoms. The Labute approximate surface area is 166 Å². The van der Waals surface area contributed by atoms with Gasteiger partial charge in [-0.15, -0.1) is 0 Å². The molecule has 4 unspecified atom stereocenters. The number of carbonyl (C=O) groups is 4. The lowest BCUT2D eigenvalue weighted by Crippen LogP contribution is -2.57. The summed E-state index contributed by atoms with van der Waals surface area (Å²) >= 11 is 4.00. The number of carboxylic acid groups (broad SMARTS) is 1. The lowest BCUT2D eigenvalue weighted by atomic mass is 10.1. The molecule has 0 bridgehead atoms. The van der Waals surface area contributed by atoms with Crippen LogP contribution >= 0.6 is 12.6 Å². The van der Waals surface area contributed by atoms with Crippen LogP contribution in [0.3, 0.4) is 0 Å². The molecule has 0 saturated heterocycles. The number of nitrogens with one attached hydrogen (secondary N) is 4. The molecular formula is C15H24N6O6S. The van der Waals surface area contributed by atoms with E-state index < -0.39 is 54.5 Å². The summed E-state index contributed by atoms with van der Waals surface area (Å²) in [6.07, 6.45) is 2.78. The van der Waals surface area contributed by atoms with Gasteiger partial charge in [0.25, 0.3) is 0 Å². The highest BCUT2D eigenvalue weighted by Crippen LogP contribution is 2.01. The minimum absolute atomic E-state index is 0.0280. The zero-order chi connectivity index (χ0) is 21.3. The molecule has 1 aromatic heterocycles. The van der Waals surface area contributed by atoms with E-state index in [4.69, 9.17) is 10.8 Å². The van der Waals surface area contributed by atoms with Crippen molar-refractivity contribution in [1.29, 1.82) is 0 Å². The maximum Gasteiger partial charge on any atom is 0.326 e. The highest BCUT2D eigenvalue weighted by molar-refractivity contribution is 7.80. The maximum absolute atomic E-state index is 12.3. The van der Waals surface area contributed by atoms with Gasteiger partial charge in [-0.25, -0.2) is 9.78 Å². The summed E-state index contributed by atoms with van der Waals surface area (Å²) < 4.78 is 0. The van der Waals surface area contributed by atoms with Gasteiger partial charge in [-0.2, -0.15) is 12.6 Å². The van der Waals surface area contributed by atoms with Crippen molar-refractivity contribution in [1.82, 2.24) is 25.9 Å². The highest BCUT2D eigenvalue weighted by Gasteiger charge is 2.28. The lowest BCUT2D eigenvalue weighted by molar-refractivity contribution is -0.142. The molecule has 0 spiro atoms. The van der Waals surface area contributed by atoms with E-state index in [0.717, 1.165) is 0 Å². The fraction of sp³-hybridized carbons (Fsp3) is 0.533. The first-order valence-corrected chi connectivity index (χ1v) is 8.91. The molecule has 0 fully saturated rings. The van der Waals surface area contributed by atoms with E-state index in [1.807, 2.05) is 0 Å². The van der Waals surface area contributed by atoms with E-state index in [1.165, 1.54) is 19.4 Å². The van der Waals surface area contributed by atoms with E-state index >= 15 is 0 Å². The molecule has 0 aliphatic heterocycles. The number of nitrogens with two attached hydrogens (primary N) is 1. The van der Waals surface area contributed by atoms with Gasteiger partial charge in [-0.1, -0.05) is 0 Å². The standard InChI is InChI=1S/C15H24N6O6S/c1-7(19-13(24)9(16)4-22)12(23)21-11(5-28)14(25)20-10(15(26)27)2-8-3-17-6-18-8/h3,6-7,9-11,22,28H,2,4-5,16H2,1H3,(H,17,18)(H,19,24)(H,20,25)(H,21,23)(H,26,27). The predicted octanol–water partition coefficient (Wildman–Crippen LogP) is -3.24. The number of thiol groups is 1. The third kappa shape index (κ3) is 7.17. The Balaban J connectivity index is 2.66. The van der Waals surface area contributed by atoms with Crippen molar-refractivity contribution in [2.75, 3.05) is 12.4 Å². The average Bonchev–Trinajstić information content (AvgIpc) is 3.17. The number of aliphatic hydroxyl groups is 1. The lowest BCUT2D eigenvalue weighted by Gasteiger charge is -2.22. The first-order valence-electron chi connectivity index (χ1n) is 8.28. The first-order chi connectivity index (χ1) is 13.2. The quantitative estimate of drug-likeness (QED) is 0.172. The van der Waals surface area contributed by atoms with Crippen LogP contribution in [0.2, 0.25) is 0 Å². The Morgan fingerprint density at radius 1 is 1.18 bits per heavy atom. The predicted molar refractivity (Wildman–Crippen MR) is 100 cm³/mol. The van der Waals surface area contributed by atoms with Gasteiger partial charge in [-0.05, 0) is 6.92 Å². The fourth-order valence-electron chi connectivity index (χ4n) is 2.05. The molecule has 1 aromatic rings. The zero-order valence-electron chi connectivity index (χ0n) is 15.1. The van der Waals surface area contributed by atoms with Crippen molar-refractivity contribution >= 4 is 36.3 Å². The van der Waals surface area contributed by atoms with E-state index in [-0.39, 0.29) is 12.2 Å². The number of rotatable bonds is 11. The SMILES string of the molecule is CC(NC(=O)C(N)CO)C(=O)NC(CS)C(=O)NC(Cc1cnc[nH]1)C(=O)O. The first kappa shape index (κ1) is 23.4. The number of imidazole rings is 1. The van der Waals surface area contributed by atoms with Gasteiger partial charge in [0.2, 0.25) is 17.7 Å². The number of carbonyl (C=O) groups excluding carboxylic acids is 3. The van der Waals surface area contributed by atoms with Gasteiger partial charge >= 0.3 is 5.97 Å². The van der Waals surface area contributed by atoms with Crippen molar-refractivity contribution in [3.63, 3.8) is 0 Å². The summed E-state index contributed by atoms with van der Waals surface area (Å²) in [5.74, 6) is -3.55. The Hall–Kier alpha value is -2.64. The van der Waals surface area contributed by atoms with Gasteiger partial charge in [0.05, 0.1) is 12.9 Å². The van der Waals surface area contributed by atoms with E-state index in [2.05, 4.69) is 38.5 Å². The smallest absolute Gasteiger partial charge is 0.326 e. The largest absolute Gasteiger partial charge is 0.480 e. The molecule has 0 aliphatic carbocycles. The van der Waals surface area contributed by atoms with Crippen LogP contribution in [0, 0.1) is 0 Å². The molecule has 156 valence electrons. The zero-order valence-corrected chi connectivity index (χ0v) is 16.0. The number of H-pyrrole nitrogens is 1. The summed E-state index contributed by atoms with van der Waals surface area (Å²) in [6.45, 7) is 0.776. The molecule has 4 atom stereocenters. The molecule has 0 aliphatic rings. The minimum Gasteiger partial charge on any atom is -0.480 e. The van der Waals surface area contributed by atoms with Crippen molar-refractivity contribution in [3.8, 4) is 0 Å². The molecule has 0 radical (unpaired) electrons. The molecule has 28 heavy (non-hydrogen) atoms. The van der Waals surface area contributed by atoms with Crippen LogP contribution in [-0.4, -0.2) is 80.4 Å². The van der Waals surface area contributed by atoms with Crippen molar-refractivity contribution < 1.29 is 29.4 Å². The molecule has 0 saturated carbocycles. The van der Waals surface area contributed by atoms with Gasteiger partial charge in [0, 0.05) is 24.1 Å². The monoisotopic (exact) mass is 416 g/mol. The normalized spacial score (nSPS) is 15.0. The second-order valence-corrected chi connectivity index (χ2v) is 6.31. The summed E-state index contributed by atoms with van der Waals surface area (Å²) in [5, 5.41) is 25.1. The summed E-state index contributed by atoms with van der Waals surface area (Å²) in [4.78, 5) is 54.0. The van der Waals surface area contributed by atoms with Crippen LogP contribution in [0.5, 0.6) is 0 Å². The molecule has 12 nitrogen and oxygen atoms in total. The maximum atomic E-state index is 12.3. The molecular weight excluding hydrogens is 392 g/mol. The number of carboxylic acids is 1. The second-order valence-electron chi connectivity index (χ2n) is 5.94. The average molecular weight is 416 g/mol. The Morgan fingerprint density at radius 3 is 2.32 bits per heavy atom. The Morgan fingerprint density at radius 2 is 1.82 bits per heavy atom. The number of aliphatic carboxylic acids is 1. The van der Waals surface area contributed by atoms with Gasteiger partial charge < -0.3 is 36.9 Å². The number of aromatic nitrogens is 2. The third-order valence-electron chi connectivity index (χ3n) is 3.69. The number of aliphatic hydroxyl groups excluding tert-OH is 1. The van der Waals surface area contributed by atoms with Crippen LogP contribution in [0.1, 0.15) is 12.6 Å². The summed E-state index contributed by atoms with van der Waals surface area (Å²) in [7, 11) is 0. The molecule has 8 N–H and O–H groups in total. The van der Waals surface area contributed by atoms with E-state index in [0.29, 0.717) is 5.69 Å². The van der Waals surface area contributed by atoms with Crippen LogP contribution in [-0.2, 0) is 25.6 Å². The van der Waals surface area contributed by atoms with Crippen LogP contribution < -0.4 is 21.7 Å². The summed E-state index contributed by atoms with van der Waals surface area (Å²) in [5.41, 5.74) is 5.86. The van der Waals surface area contributed by atoms with Gasteiger partial charge in [-0.3, -0.25) is 14.4 Å².